The number of hydrogen-bond acceptors (Lipinski definition) is 3. The van der Waals surface area contributed by atoms with Gasteiger partial charge in [0.15, 0.2) is 5.78 Å². The maximum Gasteiger partial charge on any atom is 0.317 e. The molecule has 0 amide bonds. The van der Waals surface area contributed by atoms with Crippen molar-refractivity contribution in [3.8, 4) is 0 Å². The molecule has 1 aliphatic rings. The van der Waals surface area contributed by atoms with Gasteiger partial charge in [-0.2, -0.15) is 0 Å². The minimum absolute atomic E-state index is 0.205. The molecule has 0 aliphatic heterocycles. The molecular formula is C13H16FO4P. The molecule has 0 radical (unpaired) electrons. The summed E-state index contributed by atoms with van der Waals surface area (Å²) in [4.78, 5) is 21.0. The monoisotopic (exact) mass is 286 g/mol. The fourth-order valence-corrected chi connectivity index (χ4v) is 3.00. The summed E-state index contributed by atoms with van der Waals surface area (Å²) in [5.41, 5.74) is 0.0722. The van der Waals surface area contributed by atoms with Crippen molar-refractivity contribution in [2.45, 2.75) is 31.1 Å². The minimum atomic E-state index is -3.10. The number of benzene rings is 1. The fraction of sp³-hybridized carbons (Fsp3) is 0.462. The third-order valence-electron chi connectivity index (χ3n) is 3.71. The summed E-state index contributed by atoms with van der Waals surface area (Å²) in [6, 6.07) is 5.89. The van der Waals surface area contributed by atoms with Crippen molar-refractivity contribution < 1.29 is 23.2 Å². The van der Waals surface area contributed by atoms with Gasteiger partial charge in [0.1, 0.15) is 12.4 Å². The second kappa shape index (κ2) is 5.95. The number of carbonyl (C=O) groups is 1. The van der Waals surface area contributed by atoms with Crippen LogP contribution in [0.25, 0.3) is 0 Å². The van der Waals surface area contributed by atoms with Crippen LogP contribution >= 0.6 is 8.25 Å². The van der Waals surface area contributed by atoms with Crippen LogP contribution in [-0.2, 0) is 19.3 Å². The van der Waals surface area contributed by atoms with Crippen molar-refractivity contribution in [2.24, 2.45) is 0 Å². The summed E-state index contributed by atoms with van der Waals surface area (Å²) in [5.74, 6) is -0.551. The van der Waals surface area contributed by atoms with Gasteiger partial charge in [0.05, 0.1) is 5.41 Å². The Morgan fingerprint density at radius 3 is 2.42 bits per heavy atom. The second-order valence-corrected chi connectivity index (χ2v) is 5.59. The quantitative estimate of drug-likeness (QED) is 0.845. The van der Waals surface area contributed by atoms with Crippen LogP contribution in [0.4, 0.5) is 4.39 Å². The van der Waals surface area contributed by atoms with Crippen LogP contribution in [0.15, 0.2) is 24.3 Å². The average Bonchev–Trinajstić information content (AvgIpc) is 2.87. The van der Waals surface area contributed by atoms with E-state index in [1.807, 2.05) is 0 Å². The van der Waals surface area contributed by atoms with E-state index in [9.17, 15) is 13.8 Å². The normalized spacial score (nSPS) is 19.3. The van der Waals surface area contributed by atoms with E-state index in [4.69, 9.17) is 4.89 Å². The zero-order valence-electron chi connectivity index (χ0n) is 10.4. The summed E-state index contributed by atoms with van der Waals surface area (Å²) < 4.78 is 28.1. The van der Waals surface area contributed by atoms with E-state index in [0.29, 0.717) is 12.8 Å². The van der Waals surface area contributed by atoms with Crippen LogP contribution in [0.1, 0.15) is 31.2 Å². The Labute approximate surface area is 111 Å². The Kier molecular flexibility index (Phi) is 4.50. The smallest absolute Gasteiger partial charge is 0.317 e. The van der Waals surface area contributed by atoms with E-state index in [1.165, 1.54) is 12.1 Å². The summed E-state index contributed by atoms with van der Waals surface area (Å²) in [7, 11) is -3.10. The second-order valence-electron chi connectivity index (χ2n) is 4.77. The van der Waals surface area contributed by atoms with Crippen LogP contribution in [-0.4, -0.2) is 17.3 Å². The van der Waals surface area contributed by atoms with Gasteiger partial charge in [0, 0.05) is 0 Å². The van der Waals surface area contributed by atoms with E-state index < -0.39 is 13.7 Å². The highest BCUT2D eigenvalue weighted by Crippen LogP contribution is 2.42. The molecule has 0 heterocycles. The Morgan fingerprint density at radius 1 is 1.32 bits per heavy atom. The molecule has 1 saturated carbocycles. The molecule has 0 saturated heterocycles. The zero-order valence-corrected chi connectivity index (χ0v) is 11.4. The predicted molar refractivity (Wildman–Crippen MR) is 68.7 cm³/mol. The molecule has 1 aromatic rings. The summed E-state index contributed by atoms with van der Waals surface area (Å²) >= 11 is 0. The highest BCUT2D eigenvalue weighted by Gasteiger charge is 2.42. The van der Waals surface area contributed by atoms with Gasteiger partial charge in [0.2, 0.25) is 0 Å². The van der Waals surface area contributed by atoms with Crippen LogP contribution < -0.4 is 0 Å². The average molecular weight is 286 g/mol. The van der Waals surface area contributed by atoms with Crippen LogP contribution in [0.5, 0.6) is 0 Å². The molecule has 1 aromatic carbocycles. The number of carbonyl (C=O) groups excluding carboxylic acids is 1. The molecule has 1 fully saturated rings. The molecule has 1 atom stereocenters. The van der Waals surface area contributed by atoms with Crippen molar-refractivity contribution >= 4 is 14.0 Å². The zero-order chi connectivity index (χ0) is 13.9. The van der Waals surface area contributed by atoms with Crippen molar-refractivity contribution in [1.82, 2.24) is 0 Å². The van der Waals surface area contributed by atoms with Crippen molar-refractivity contribution in [3.05, 3.63) is 35.6 Å². The van der Waals surface area contributed by atoms with E-state index in [1.54, 1.807) is 12.1 Å². The van der Waals surface area contributed by atoms with Gasteiger partial charge >= 0.3 is 8.25 Å². The third kappa shape index (κ3) is 3.11. The molecule has 1 N–H and O–H groups in total. The largest absolute Gasteiger partial charge is 0.326 e. The fourth-order valence-electron chi connectivity index (χ4n) is 2.74. The maximum absolute atomic E-state index is 13.0. The minimum Gasteiger partial charge on any atom is -0.326 e. The lowest BCUT2D eigenvalue weighted by atomic mass is 9.75. The molecule has 1 aliphatic carbocycles. The first-order valence-electron chi connectivity index (χ1n) is 6.20. The van der Waals surface area contributed by atoms with Gasteiger partial charge in [0.25, 0.3) is 0 Å². The predicted octanol–water partition coefficient (Wildman–Crippen LogP) is 2.61. The number of hydrogen-bond donors (Lipinski definition) is 1. The first-order chi connectivity index (χ1) is 9.04. The SMILES string of the molecule is O=C(CO[PH](=O)O)C1(c2ccc(F)cc2)CCCC1. The van der Waals surface area contributed by atoms with E-state index >= 15 is 0 Å². The lowest BCUT2D eigenvalue weighted by molar-refractivity contribution is -0.126. The standard InChI is InChI=1S/C13H16FO4P/c14-11-5-3-10(4-6-11)13(7-1-2-8-13)12(15)9-18-19(16)17/h3-6,19H,1-2,7-9H2,(H,16,17). The molecule has 4 nitrogen and oxygen atoms in total. The summed E-state index contributed by atoms with van der Waals surface area (Å²) in [5, 5.41) is 0. The first kappa shape index (κ1) is 14.4. The van der Waals surface area contributed by atoms with Gasteiger partial charge in [-0.3, -0.25) is 9.36 Å². The van der Waals surface area contributed by atoms with Crippen molar-refractivity contribution in [1.29, 1.82) is 0 Å². The Bertz CT molecular complexity index is 480. The Morgan fingerprint density at radius 2 is 1.89 bits per heavy atom. The number of rotatable bonds is 5. The molecule has 0 aromatic heterocycles. The summed E-state index contributed by atoms with van der Waals surface area (Å²) in [6.07, 6.45) is 3.18. The Hall–Kier alpha value is -1.03. The number of halogens is 1. The lowest BCUT2D eigenvalue weighted by Crippen LogP contribution is -2.35. The molecule has 19 heavy (non-hydrogen) atoms. The van der Waals surface area contributed by atoms with E-state index in [2.05, 4.69) is 4.52 Å². The molecule has 104 valence electrons. The lowest BCUT2D eigenvalue weighted by Gasteiger charge is -2.27. The highest BCUT2D eigenvalue weighted by molar-refractivity contribution is 7.32. The molecule has 0 spiro atoms. The van der Waals surface area contributed by atoms with Crippen LogP contribution in [0, 0.1) is 5.82 Å². The van der Waals surface area contributed by atoms with Gasteiger partial charge in [-0.15, -0.1) is 0 Å². The highest BCUT2D eigenvalue weighted by atomic mass is 31.1. The van der Waals surface area contributed by atoms with Gasteiger partial charge in [-0.05, 0) is 30.5 Å². The number of Topliss-reactive ketones (excluding diaryl/α,β-unsaturated/α-hetero) is 1. The van der Waals surface area contributed by atoms with E-state index in [-0.39, 0.29) is 18.2 Å². The molecule has 0 bridgehead atoms. The van der Waals surface area contributed by atoms with Crippen LogP contribution in [0.3, 0.4) is 0 Å². The van der Waals surface area contributed by atoms with E-state index in [0.717, 1.165) is 18.4 Å². The Balaban J connectivity index is 2.24. The summed E-state index contributed by atoms with van der Waals surface area (Å²) in [6.45, 7) is -0.369. The van der Waals surface area contributed by atoms with Crippen molar-refractivity contribution in [3.63, 3.8) is 0 Å². The van der Waals surface area contributed by atoms with Crippen LogP contribution in [0.2, 0.25) is 0 Å². The molecule has 2 rings (SSSR count). The van der Waals surface area contributed by atoms with Gasteiger partial charge in [-0.25, -0.2) is 4.39 Å². The molecular weight excluding hydrogens is 270 g/mol. The topological polar surface area (TPSA) is 63.6 Å². The maximum atomic E-state index is 13.0. The van der Waals surface area contributed by atoms with Gasteiger partial charge < -0.3 is 9.42 Å². The molecule has 6 heteroatoms. The van der Waals surface area contributed by atoms with Gasteiger partial charge in [-0.1, -0.05) is 25.0 Å². The number of ketones is 1. The van der Waals surface area contributed by atoms with Crippen molar-refractivity contribution in [2.75, 3.05) is 6.61 Å². The third-order valence-corrected chi connectivity index (χ3v) is 4.11. The first-order valence-corrected chi connectivity index (χ1v) is 7.46. The molecule has 1 unspecified atom stereocenters.